The van der Waals surface area contributed by atoms with Crippen LogP contribution in [0.5, 0.6) is 0 Å². The second kappa shape index (κ2) is 9.01. The highest BCUT2D eigenvalue weighted by Crippen LogP contribution is 2.16. The van der Waals surface area contributed by atoms with Crippen LogP contribution >= 0.6 is 0 Å². The molecule has 2 N–H and O–H groups in total. The van der Waals surface area contributed by atoms with Crippen molar-refractivity contribution in [1.82, 2.24) is 23.7 Å². The number of aliphatic hydroxyl groups excluding tert-OH is 1. The number of pyridine rings is 1. The van der Waals surface area contributed by atoms with Gasteiger partial charge < -0.3 is 14.4 Å². The monoisotopic (exact) mass is 415 g/mol. The molecular formula is C19H25N7O4. The van der Waals surface area contributed by atoms with Gasteiger partial charge in [-0.2, -0.15) is 10.1 Å². The molecule has 0 aromatic carbocycles. The number of ether oxygens (including phenoxy) is 1. The van der Waals surface area contributed by atoms with Crippen molar-refractivity contribution in [2.75, 3.05) is 12.0 Å². The average Bonchev–Trinajstić information content (AvgIpc) is 3.08. The number of hydrogen-bond acceptors (Lipinski definition) is 8. The van der Waals surface area contributed by atoms with Gasteiger partial charge in [0.15, 0.2) is 11.2 Å². The molecule has 11 nitrogen and oxygen atoms in total. The molecule has 160 valence electrons. The summed E-state index contributed by atoms with van der Waals surface area (Å²) >= 11 is 0. The number of rotatable bonds is 8. The van der Waals surface area contributed by atoms with Crippen LogP contribution in [0, 0.1) is 0 Å². The van der Waals surface area contributed by atoms with Crippen molar-refractivity contribution in [3.63, 3.8) is 0 Å². The van der Waals surface area contributed by atoms with E-state index in [2.05, 4.69) is 20.5 Å². The van der Waals surface area contributed by atoms with E-state index >= 15 is 0 Å². The van der Waals surface area contributed by atoms with E-state index in [1.807, 2.05) is 19.9 Å². The van der Waals surface area contributed by atoms with E-state index < -0.39 is 17.4 Å². The Hall–Kier alpha value is -3.31. The van der Waals surface area contributed by atoms with Gasteiger partial charge in [-0.3, -0.25) is 18.9 Å². The fourth-order valence-corrected chi connectivity index (χ4v) is 2.89. The molecule has 30 heavy (non-hydrogen) atoms. The van der Waals surface area contributed by atoms with Crippen LogP contribution in [0.2, 0.25) is 0 Å². The van der Waals surface area contributed by atoms with Crippen LogP contribution in [-0.4, -0.2) is 53.8 Å². The fourth-order valence-electron chi connectivity index (χ4n) is 2.89. The molecule has 3 aromatic heterocycles. The third-order valence-electron chi connectivity index (χ3n) is 4.43. The van der Waals surface area contributed by atoms with Crippen molar-refractivity contribution in [3.8, 4) is 0 Å². The summed E-state index contributed by atoms with van der Waals surface area (Å²) in [5.41, 5.74) is 2.93. The van der Waals surface area contributed by atoms with Crippen LogP contribution < -0.4 is 16.7 Å². The molecule has 0 saturated carbocycles. The minimum Gasteiger partial charge on any atom is -0.389 e. The summed E-state index contributed by atoms with van der Waals surface area (Å²) in [6.07, 6.45) is 3.90. The maximum Gasteiger partial charge on any atom is 0.332 e. The van der Waals surface area contributed by atoms with Crippen LogP contribution in [-0.2, 0) is 25.4 Å². The van der Waals surface area contributed by atoms with Gasteiger partial charge in [0.2, 0.25) is 5.95 Å². The first kappa shape index (κ1) is 21.4. The largest absolute Gasteiger partial charge is 0.389 e. The lowest BCUT2D eigenvalue weighted by Gasteiger charge is -2.16. The van der Waals surface area contributed by atoms with Gasteiger partial charge >= 0.3 is 5.69 Å². The molecule has 3 heterocycles. The van der Waals surface area contributed by atoms with Crippen LogP contribution in [0.25, 0.3) is 11.2 Å². The summed E-state index contributed by atoms with van der Waals surface area (Å²) < 4.78 is 9.25. The fraction of sp³-hybridized carbons (Fsp3) is 0.421. The maximum atomic E-state index is 12.8. The van der Waals surface area contributed by atoms with Crippen LogP contribution in [0.4, 0.5) is 5.95 Å². The zero-order chi connectivity index (χ0) is 21.8. The van der Waals surface area contributed by atoms with Gasteiger partial charge in [0.1, 0.15) is 0 Å². The van der Waals surface area contributed by atoms with Crippen LogP contribution in [0.3, 0.4) is 0 Å². The lowest BCUT2D eigenvalue weighted by atomic mass is 10.3. The highest BCUT2D eigenvalue weighted by atomic mass is 16.5. The van der Waals surface area contributed by atoms with E-state index in [9.17, 15) is 14.7 Å². The van der Waals surface area contributed by atoms with Gasteiger partial charge in [-0.1, -0.05) is 6.07 Å². The molecule has 0 bridgehead atoms. The minimum atomic E-state index is -0.894. The number of aliphatic hydroxyl groups is 1. The van der Waals surface area contributed by atoms with Gasteiger partial charge in [-0.15, -0.1) is 0 Å². The lowest BCUT2D eigenvalue weighted by Crippen LogP contribution is -2.38. The Kier molecular flexibility index (Phi) is 6.43. The third-order valence-corrected chi connectivity index (χ3v) is 4.43. The summed E-state index contributed by atoms with van der Waals surface area (Å²) in [7, 11) is 2.93. The van der Waals surface area contributed by atoms with Gasteiger partial charge in [0, 0.05) is 32.1 Å². The number of nitrogens with zero attached hydrogens (tertiary/aromatic N) is 6. The topological polar surface area (TPSA) is 129 Å². The normalized spacial score (nSPS) is 12.9. The van der Waals surface area contributed by atoms with E-state index in [-0.39, 0.29) is 36.4 Å². The zero-order valence-corrected chi connectivity index (χ0v) is 17.3. The molecule has 0 aliphatic heterocycles. The van der Waals surface area contributed by atoms with E-state index in [0.717, 1.165) is 10.1 Å². The smallest absolute Gasteiger partial charge is 0.332 e. The first-order valence-corrected chi connectivity index (χ1v) is 9.44. The average molecular weight is 415 g/mol. The SMILES string of the molecule is CC(C)OCC(O)Cn1c(NN=Cc2cccnc2)nc2c1c(=O)n(C)c(=O)n2C. The Morgan fingerprint density at radius 2 is 2.07 bits per heavy atom. The number of nitrogens with one attached hydrogen (secondary N) is 1. The van der Waals surface area contributed by atoms with E-state index in [1.165, 1.54) is 23.2 Å². The van der Waals surface area contributed by atoms with Gasteiger partial charge in [0.25, 0.3) is 5.56 Å². The Labute approximate surface area is 172 Å². The zero-order valence-electron chi connectivity index (χ0n) is 17.3. The van der Waals surface area contributed by atoms with Gasteiger partial charge in [-0.25, -0.2) is 10.2 Å². The molecule has 1 unspecified atom stereocenters. The van der Waals surface area contributed by atoms with E-state index in [1.54, 1.807) is 24.7 Å². The molecule has 3 aromatic rings. The Balaban J connectivity index is 2.02. The number of hydrogen-bond donors (Lipinski definition) is 2. The molecule has 11 heteroatoms. The molecule has 0 fully saturated rings. The Morgan fingerprint density at radius 1 is 1.30 bits per heavy atom. The minimum absolute atomic E-state index is 0.0292. The Bertz CT molecular complexity index is 1160. The Morgan fingerprint density at radius 3 is 2.73 bits per heavy atom. The molecule has 3 rings (SSSR count). The number of aromatic nitrogens is 5. The molecule has 1 atom stereocenters. The number of imidazole rings is 1. The third kappa shape index (κ3) is 4.47. The van der Waals surface area contributed by atoms with E-state index in [0.29, 0.717) is 0 Å². The molecular weight excluding hydrogens is 390 g/mol. The van der Waals surface area contributed by atoms with Crippen molar-refractivity contribution in [2.45, 2.75) is 32.6 Å². The molecule has 0 saturated heterocycles. The number of aryl methyl sites for hydroxylation is 1. The van der Waals surface area contributed by atoms with E-state index in [4.69, 9.17) is 4.74 Å². The van der Waals surface area contributed by atoms with Gasteiger partial charge in [0.05, 0.1) is 31.6 Å². The summed E-state index contributed by atoms with van der Waals surface area (Å²) in [6, 6.07) is 3.61. The first-order chi connectivity index (χ1) is 14.3. The quantitative estimate of drug-likeness (QED) is 0.393. The van der Waals surface area contributed by atoms with Crippen molar-refractivity contribution < 1.29 is 9.84 Å². The predicted octanol–water partition coefficient (Wildman–Crippen LogP) is 0.0606. The molecule has 0 aliphatic rings. The number of anilines is 1. The maximum absolute atomic E-state index is 12.8. The highest BCUT2D eigenvalue weighted by molar-refractivity contribution is 5.80. The molecule has 0 aliphatic carbocycles. The molecule has 0 amide bonds. The summed E-state index contributed by atoms with van der Waals surface area (Å²) in [5.74, 6) is 0.215. The van der Waals surface area contributed by atoms with Gasteiger partial charge in [-0.05, 0) is 19.9 Å². The number of fused-ring (bicyclic) bond motifs is 1. The number of hydrazone groups is 1. The second-order valence-electron chi connectivity index (χ2n) is 7.12. The second-order valence-corrected chi connectivity index (χ2v) is 7.12. The standard InChI is InChI=1S/C19H25N7O4/c1-12(2)30-11-14(27)10-26-15-16(24(3)19(29)25(4)17(15)28)22-18(26)23-21-9-13-6-5-7-20-8-13/h5-9,12,14,27H,10-11H2,1-4H3,(H,22,23). The summed E-state index contributed by atoms with van der Waals surface area (Å²) in [5, 5.41) is 14.6. The summed E-state index contributed by atoms with van der Waals surface area (Å²) in [4.78, 5) is 33.4. The van der Waals surface area contributed by atoms with Crippen molar-refractivity contribution >= 4 is 23.3 Å². The predicted molar refractivity (Wildman–Crippen MR) is 113 cm³/mol. The molecule has 0 radical (unpaired) electrons. The van der Waals surface area contributed by atoms with Crippen molar-refractivity contribution in [2.24, 2.45) is 19.2 Å². The summed E-state index contributed by atoms with van der Waals surface area (Å²) in [6.45, 7) is 3.85. The van der Waals surface area contributed by atoms with Crippen molar-refractivity contribution in [1.29, 1.82) is 0 Å². The van der Waals surface area contributed by atoms with Crippen molar-refractivity contribution in [3.05, 3.63) is 50.9 Å². The lowest BCUT2D eigenvalue weighted by molar-refractivity contribution is -0.000109. The van der Waals surface area contributed by atoms with Crippen LogP contribution in [0.1, 0.15) is 19.4 Å². The molecule has 0 spiro atoms. The first-order valence-electron chi connectivity index (χ1n) is 9.44. The van der Waals surface area contributed by atoms with Crippen LogP contribution in [0.15, 0.2) is 39.2 Å². The highest BCUT2D eigenvalue weighted by Gasteiger charge is 2.21.